The summed E-state index contributed by atoms with van der Waals surface area (Å²) in [5.74, 6) is -1.64. The second-order valence-corrected chi connectivity index (χ2v) is 3.12. The van der Waals surface area contributed by atoms with Gasteiger partial charge in [0.05, 0.1) is 11.6 Å². The number of hydrogen-bond acceptors (Lipinski definition) is 3. The maximum atomic E-state index is 10.7. The number of benzene rings is 1. The Labute approximate surface area is 85.7 Å². The Morgan fingerprint density at radius 3 is 2.71 bits per heavy atom. The summed E-state index contributed by atoms with van der Waals surface area (Å²) in [6, 6.07) is 2.79. The molecule has 0 spiro atoms. The highest BCUT2D eigenvalue weighted by Gasteiger charge is 2.14. The van der Waals surface area contributed by atoms with E-state index < -0.39 is 11.7 Å². The minimum absolute atomic E-state index is 0.0111. The number of halogens is 1. The summed E-state index contributed by atoms with van der Waals surface area (Å²) in [5, 5.41) is 18.0. The lowest BCUT2D eigenvalue weighted by Crippen LogP contribution is -1.99. The second-order valence-electron chi connectivity index (χ2n) is 2.71. The first-order valence-electron chi connectivity index (χ1n) is 3.80. The van der Waals surface area contributed by atoms with Gasteiger partial charge >= 0.3 is 5.97 Å². The molecule has 0 aromatic heterocycles. The Morgan fingerprint density at radius 2 is 2.21 bits per heavy atom. The zero-order valence-electron chi connectivity index (χ0n) is 7.45. The smallest absolute Gasteiger partial charge is 0.339 e. The van der Waals surface area contributed by atoms with Gasteiger partial charge in [-0.3, -0.25) is 0 Å². The summed E-state index contributed by atoms with van der Waals surface area (Å²) >= 11 is 5.63. The van der Waals surface area contributed by atoms with Gasteiger partial charge in [0.1, 0.15) is 11.3 Å². The van der Waals surface area contributed by atoms with E-state index in [9.17, 15) is 9.90 Å². The average Bonchev–Trinajstić information content (AvgIpc) is 2.11. The van der Waals surface area contributed by atoms with Crippen molar-refractivity contribution in [3.8, 4) is 5.75 Å². The molecule has 0 radical (unpaired) electrons. The lowest BCUT2D eigenvalue weighted by atomic mass is 10.1. The fraction of sp³-hybridized carbons (Fsp3) is 0.222. The number of carboxylic acid groups (broad SMARTS) is 1. The third kappa shape index (κ3) is 2.16. The van der Waals surface area contributed by atoms with Crippen molar-refractivity contribution in [3.05, 3.63) is 28.3 Å². The molecule has 76 valence electrons. The quantitative estimate of drug-likeness (QED) is 0.810. The number of methoxy groups -OCH3 is 1. The second kappa shape index (κ2) is 4.30. The van der Waals surface area contributed by atoms with Crippen molar-refractivity contribution < 1.29 is 19.7 Å². The van der Waals surface area contributed by atoms with E-state index in [1.807, 2.05) is 0 Å². The van der Waals surface area contributed by atoms with Crippen LogP contribution in [-0.4, -0.2) is 23.3 Å². The van der Waals surface area contributed by atoms with Gasteiger partial charge < -0.3 is 14.9 Å². The molecule has 0 unspecified atom stereocenters. The highest BCUT2D eigenvalue weighted by molar-refractivity contribution is 6.32. The van der Waals surface area contributed by atoms with Crippen molar-refractivity contribution >= 4 is 17.6 Å². The van der Waals surface area contributed by atoms with Gasteiger partial charge in [-0.1, -0.05) is 11.6 Å². The van der Waals surface area contributed by atoms with Gasteiger partial charge in [-0.2, -0.15) is 0 Å². The Morgan fingerprint density at radius 1 is 1.57 bits per heavy atom. The summed E-state index contributed by atoms with van der Waals surface area (Å²) in [6.45, 7) is 0.250. The number of phenols is 1. The fourth-order valence-electron chi connectivity index (χ4n) is 1.07. The average molecular weight is 217 g/mol. The molecular formula is C9H9ClO4. The predicted octanol–water partition coefficient (Wildman–Crippen LogP) is 1.89. The zero-order valence-corrected chi connectivity index (χ0v) is 8.21. The SMILES string of the molecule is COCc1cc(Cl)c(O)c(C(=O)O)c1. The molecule has 0 amide bonds. The number of aromatic carboxylic acids is 1. The topological polar surface area (TPSA) is 66.8 Å². The van der Waals surface area contributed by atoms with Crippen LogP contribution in [-0.2, 0) is 11.3 Å². The van der Waals surface area contributed by atoms with Crippen molar-refractivity contribution in [1.29, 1.82) is 0 Å². The number of aromatic hydroxyl groups is 1. The van der Waals surface area contributed by atoms with Gasteiger partial charge in [0, 0.05) is 7.11 Å². The molecule has 1 aromatic carbocycles. The molecule has 1 rings (SSSR count). The minimum Gasteiger partial charge on any atom is -0.505 e. The number of rotatable bonds is 3. The minimum atomic E-state index is -1.22. The normalized spacial score (nSPS) is 10.1. The van der Waals surface area contributed by atoms with Crippen LogP contribution in [0.25, 0.3) is 0 Å². The van der Waals surface area contributed by atoms with Crippen molar-refractivity contribution in [2.24, 2.45) is 0 Å². The maximum Gasteiger partial charge on any atom is 0.339 e. The fourth-order valence-corrected chi connectivity index (χ4v) is 1.31. The molecule has 0 fully saturated rings. The van der Waals surface area contributed by atoms with Crippen LogP contribution in [0.3, 0.4) is 0 Å². The van der Waals surface area contributed by atoms with E-state index in [1.54, 1.807) is 0 Å². The third-order valence-corrected chi connectivity index (χ3v) is 1.95. The molecule has 0 saturated carbocycles. The molecular weight excluding hydrogens is 208 g/mol. The summed E-state index contributed by atoms with van der Waals surface area (Å²) in [7, 11) is 1.49. The lowest BCUT2D eigenvalue weighted by molar-refractivity contribution is 0.0693. The van der Waals surface area contributed by atoms with E-state index in [0.717, 1.165) is 0 Å². The number of carbonyl (C=O) groups is 1. The summed E-state index contributed by atoms with van der Waals surface area (Å²) < 4.78 is 4.82. The van der Waals surface area contributed by atoms with Gasteiger partial charge in [0.25, 0.3) is 0 Å². The van der Waals surface area contributed by atoms with Crippen LogP contribution in [0.5, 0.6) is 5.75 Å². The van der Waals surface area contributed by atoms with Crippen molar-refractivity contribution in [2.45, 2.75) is 6.61 Å². The summed E-state index contributed by atoms with van der Waals surface area (Å²) in [4.78, 5) is 10.7. The monoisotopic (exact) mass is 216 g/mol. The first kappa shape index (κ1) is 10.8. The van der Waals surface area contributed by atoms with Crippen LogP contribution in [0.15, 0.2) is 12.1 Å². The van der Waals surface area contributed by atoms with Crippen LogP contribution in [0, 0.1) is 0 Å². The molecule has 5 heteroatoms. The lowest BCUT2D eigenvalue weighted by Gasteiger charge is -2.05. The zero-order chi connectivity index (χ0) is 10.7. The van der Waals surface area contributed by atoms with Crippen LogP contribution in [0.4, 0.5) is 0 Å². The molecule has 0 bridgehead atoms. The molecule has 0 aliphatic carbocycles. The van der Waals surface area contributed by atoms with E-state index in [4.69, 9.17) is 21.4 Å². The van der Waals surface area contributed by atoms with Crippen molar-refractivity contribution in [1.82, 2.24) is 0 Å². The molecule has 1 aromatic rings. The third-order valence-electron chi connectivity index (χ3n) is 1.66. The Kier molecular flexibility index (Phi) is 3.33. The highest BCUT2D eigenvalue weighted by Crippen LogP contribution is 2.29. The van der Waals surface area contributed by atoms with Crippen molar-refractivity contribution in [3.63, 3.8) is 0 Å². The number of carboxylic acids is 1. The van der Waals surface area contributed by atoms with E-state index in [2.05, 4.69) is 0 Å². The van der Waals surface area contributed by atoms with Crippen LogP contribution in [0.1, 0.15) is 15.9 Å². The van der Waals surface area contributed by atoms with E-state index in [0.29, 0.717) is 5.56 Å². The van der Waals surface area contributed by atoms with Gasteiger partial charge in [-0.15, -0.1) is 0 Å². The highest BCUT2D eigenvalue weighted by atomic mass is 35.5. The van der Waals surface area contributed by atoms with Gasteiger partial charge in [-0.25, -0.2) is 4.79 Å². The van der Waals surface area contributed by atoms with Crippen LogP contribution in [0.2, 0.25) is 5.02 Å². The standard InChI is InChI=1S/C9H9ClO4/c1-14-4-5-2-6(9(12)13)8(11)7(10)3-5/h2-3,11H,4H2,1H3,(H,12,13). The Balaban J connectivity index is 3.21. The summed E-state index contributed by atoms with van der Waals surface area (Å²) in [6.07, 6.45) is 0. The van der Waals surface area contributed by atoms with Gasteiger partial charge in [-0.05, 0) is 17.7 Å². The number of hydrogen-bond donors (Lipinski definition) is 2. The Hall–Kier alpha value is -1.26. The van der Waals surface area contributed by atoms with Gasteiger partial charge in [0.15, 0.2) is 0 Å². The first-order valence-corrected chi connectivity index (χ1v) is 4.17. The molecule has 0 saturated heterocycles. The maximum absolute atomic E-state index is 10.7. The molecule has 4 nitrogen and oxygen atoms in total. The van der Waals surface area contributed by atoms with E-state index >= 15 is 0 Å². The molecule has 0 heterocycles. The predicted molar refractivity (Wildman–Crippen MR) is 50.8 cm³/mol. The molecule has 2 N–H and O–H groups in total. The summed E-state index contributed by atoms with van der Waals surface area (Å²) in [5.41, 5.74) is 0.386. The Bertz CT molecular complexity index is 362. The van der Waals surface area contributed by atoms with E-state index in [-0.39, 0.29) is 17.2 Å². The molecule has 0 atom stereocenters. The van der Waals surface area contributed by atoms with Crippen molar-refractivity contribution in [2.75, 3.05) is 7.11 Å². The molecule has 0 aliphatic heterocycles. The number of ether oxygens (including phenoxy) is 1. The van der Waals surface area contributed by atoms with Crippen LogP contribution < -0.4 is 0 Å². The van der Waals surface area contributed by atoms with E-state index in [1.165, 1.54) is 19.2 Å². The van der Waals surface area contributed by atoms with Gasteiger partial charge in [0.2, 0.25) is 0 Å². The first-order chi connectivity index (χ1) is 6.56. The molecule has 0 aliphatic rings. The largest absolute Gasteiger partial charge is 0.505 e. The van der Waals surface area contributed by atoms with Crippen LogP contribution >= 0.6 is 11.6 Å². The molecule has 14 heavy (non-hydrogen) atoms.